The Kier molecular flexibility index (Phi) is 2.57. The maximum absolute atomic E-state index is 13.2. The van der Waals surface area contributed by atoms with Gasteiger partial charge in [0.15, 0.2) is 5.58 Å². The highest BCUT2D eigenvalue weighted by Crippen LogP contribution is 2.42. The van der Waals surface area contributed by atoms with Gasteiger partial charge in [0, 0.05) is 10.9 Å². The zero-order valence-corrected chi connectivity index (χ0v) is 11.6. The Labute approximate surface area is 119 Å². The molecule has 1 aliphatic rings. The molecule has 102 valence electrons. The fourth-order valence-electron chi connectivity index (χ4n) is 2.83. The molecule has 2 N–H and O–H groups in total. The Morgan fingerprint density at radius 2 is 2.10 bits per heavy atom. The summed E-state index contributed by atoms with van der Waals surface area (Å²) >= 11 is 1.63. The van der Waals surface area contributed by atoms with Crippen LogP contribution in [0.25, 0.3) is 22.6 Å². The lowest BCUT2D eigenvalue weighted by Gasteiger charge is -2.10. The Morgan fingerprint density at radius 1 is 1.25 bits per heavy atom. The van der Waals surface area contributed by atoms with Gasteiger partial charge in [0.2, 0.25) is 5.89 Å². The molecule has 0 unspecified atom stereocenters. The number of aromatic nitrogens is 1. The number of aryl methyl sites for hydroxylation is 1. The summed E-state index contributed by atoms with van der Waals surface area (Å²) in [5.74, 6) is 0.197. The summed E-state index contributed by atoms with van der Waals surface area (Å²) in [6.45, 7) is 0. The summed E-state index contributed by atoms with van der Waals surface area (Å²) in [5.41, 5.74) is 9.47. The predicted molar refractivity (Wildman–Crippen MR) is 78.3 cm³/mol. The van der Waals surface area contributed by atoms with Crippen LogP contribution in [-0.4, -0.2) is 4.98 Å². The SMILES string of the molecule is Nc1sc2c(c1-c1nc3ccc(F)cc3o1)CCCC2. The van der Waals surface area contributed by atoms with Gasteiger partial charge in [-0.15, -0.1) is 11.3 Å². The van der Waals surface area contributed by atoms with Crippen LogP contribution in [0.4, 0.5) is 9.39 Å². The summed E-state index contributed by atoms with van der Waals surface area (Å²) in [5, 5.41) is 0.754. The fraction of sp³-hybridized carbons (Fsp3) is 0.267. The quantitative estimate of drug-likeness (QED) is 0.731. The standard InChI is InChI=1S/C15H13FN2OS/c16-8-5-6-10-11(7-8)19-15(18-10)13-9-3-1-2-4-12(9)20-14(13)17/h5-7H,1-4,17H2. The van der Waals surface area contributed by atoms with Gasteiger partial charge in [-0.05, 0) is 43.4 Å². The van der Waals surface area contributed by atoms with Crippen molar-refractivity contribution < 1.29 is 8.81 Å². The molecule has 5 heteroatoms. The third kappa shape index (κ3) is 1.73. The van der Waals surface area contributed by atoms with Crippen molar-refractivity contribution in [3.05, 3.63) is 34.5 Å². The molecule has 0 atom stereocenters. The molecule has 0 saturated carbocycles. The second-order valence-corrected chi connectivity index (χ2v) is 6.22. The van der Waals surface area contributed by atoms with Gasteiger partial charge in [0.1, 0.15) is 11.3 Å². The van der Waals surface area contributed by atoms with Crippen molar-refractivity contribution in [2.45, 2.75) is 25.7 Å². The molecule has 1 aromatic carbocycles. The van der Waals surface area contributed by atoms with Gasteiger partial charge in [-0.25, -0.2) is 9.37 Å². The number of halogens is 1. The molecule has 0 saturated heterocycles. The number of hydrogen-bond acceptors (Lipinski definition) is 4. The van der Waals surface area contributed by atoms with Crippen LogP contribution < -0.4 is 5.73 Å². The number of rotatable bonds is 1. The molecule has 0 amide bonds. The molecule has 0 fully saturated rings. The topological polar surface area (TPSA) is 52.0 Å². The van der Waals surface area contributed by atoms with Crippen LogP contribution in [-0.2, 0) is 12.8 Å². The minimum Gasteiger partial charge on any atom is -0.436 e. The van der Waals surface area contributed by atoms with Crippen molar-refractivity contribution in [1.29, 1.82) is 0 Å². The lowest BCUT2D eigenvalue weighted by atomic mass is 9.95. The highest BCUT2D eigenvalue weighted by atomic mass is 32.1. The number of nitrogens with two attached hydrogens (primary N) is 1. The lowest BCUT2D eigenvalue weighted by Crippen LogP contribution is -1.99. The molecule has 20 heavy (non-hydrogen) atoms. The first kappa shape index (κ1) is 11.9. The van der Waals surface area contributed by atoms with Crippen LogP contribution in [0.2, 0.25) is 0 Å². The number of nitrogens with zero attached hydrogens (tertiary/aromatic N) is 1. The van der Waals surface area contributed by atoms with E-state index < -0.39 is 0 Å². The fourth-order valence-corrected chi connectivity index (χ4v) is 3.98. The van der Waals surface area contributed by atoms with E-state index in [0.717, 1.165) is 23.4 Å². The number of fused-ring (bicyclic) bond motifs is 2. The first-order valence-electron chi connectivity index (χ1n) is 6.69. The van der Waals surface area contributed by atoms with E-state index in [1.807, 2.05) is 0 Å². The summed E-state index contributed by atoms with van der Waals surface area (Å²) in [4.78, 5) is 5.80. The summed E-state index contributed by atoms with van der Waals surface area (Å²) in [7, 11) is 0. The molecule has 0 bridgehead atoms. The minimum absolute atomic E-state index is 0.319. The largest absolute Gasteiger partial charge is 0.436 e. The van der Waals surface area contributed by atoms with Crippen molar-refractivity contribution in [3.8, 4) is 11.5 Å². The van der Waals surface area contributed by atoms with Gasteiger partial charge >= 0.3 is 0 Å². The Bertz CT molecular complexity index is 806. The Hall–Kier alpha value is -1.88. The molecule has 2 heterocycles. The monoisotopic (exact) mass is 288 g/mol. The maximum atomic E-state index is 13.2. The first-order valence-corrected chi connectivity index (χ1v) is 7.50. The number of thiophene rings is 1. The van der Waals surface area contributed by atoms with E-state index >= 15 is 0 Å². The molecule has 0 aliphatic heterocycles. The second kappa shape index (κ2) is 4.31. The van der Waals surface area contributed by atoms with Gasteiger partial charge in [-0.2, -0.15) is 0 Å². The highest BCUT2D eigenvalue weighted by Gasteiger charge is 2.23. The van der Waals surface area contributed by atoms with Crippen molar-refractivity contribution >= 4 is 27.4 Å². The molecule has 2 aromatic heterocycles. The number of nitrogen functional groups attached to an aromatic ring is 1. The third-order valence-electron chi connectivity index (χ3n) is 3.76. The average molecular weight is 288 g/mol. The number of oxazole rings is 1. The molecule has 3 nitrogen and oxygen atoms in total. The zero-order chi connectivity index (χ0) is 13.7. The van der Waals surface area contributed by atoms with Gasteiger partial charge in [0.25, 0.3) is 0 Å². The maximum Gasteiger partial charge on any atom is 0.230 e. The van der Waals surface area contributed by atoms with Gasteiger partial charge in [-0.1, -0.05) is 0 Å². The van der Waals surface area contributed by atoms with E-state index in [9.17, 15) is 4.39 Å². The average Bonchev–Trinajstić information content (AvgIpc) is 2.97. The van der Waals surface area contributed by atoms with Crippen LogP contribution in [0.1, 0.15) is 23.3 Å². The molecule has 1 aliphatic carbocycles. The number of hydrogen-bond donors (Lipinski definition) is 1. The first-order chi connectivity index (χ1) is 9.72. The minimum atomic E-state index is -0.319. The van der Waals surface area contributed by atoms with Crippen molar-refractivity contribution in [1.82, 2.24) is 4.98 Å². The van der Waals surface area contributed by atoms with Crippen molar-refractivity contribution in [3.63, 3.8) is 0 Å². The molecular formula is C15H13FN2OS. The molecule has 4 rings (SSSR count). The smallest absolute Gasteiger partial charge is 0.230 e. The molecule has 0 spiro atoms. The van der Waals surface area contributed by atoms with E-state index in [4.69, 9.17) is 10.2 Å². The van der Waals surface area contributed by atoms with Crippen LogP contribution in [0, 0.1) is 5.82 Å². The van der Waals surface area contributed by atoms with E-state index in [0.29, 0.717) is 17.0 Å². The van der Waals surface area contributed by atoms with E-state index in [-0.39, 0.29) is 5.82 Å². The van der Waals surface area contributed by atoms with Gasteiger partial charge in [0.05, 0.1) is 10.6 Å². The summed E-state index contributed by atoms with van der Waals surface area (Å²) in [6.07, 6.45) is 4.49. The third-order valence-corrected chi connectivity index (χ3v) is 4.88. The number of anilines is 1. The lowest BCUT2D eigenvalue weighted by molar-refractivity contribution is 0.601. The van der Waals surface area contributed by atoms with Crippen LogP contribution >= 0.6 is 11.3 Å². The molecule has 3 aromatic rings. The normalized spacial score (nSPS) is 14.7. The van der Waals surface area contributed by atoms with Crippen LogP contribution in [0.3, 0.4) is 0 Å². The van der Waals surface area contributed by atoms with E-state index in [2.05, 4.69) is 4.98 Å². The highest BCUT2D eigenvalue weighted by molar-refractivity contribution is 7.16. The predicted octanol–water partition coefficient (Wildman–Crippen LogP) is 4.16. The summed E-state index contributed by atoms with van der Waals surface area (Å²) in [6, 6.07) is 4.38. The Morgan fingerprint density at radius 3 is 3.00 bits per heavy atom. The van der Waals surface area contributed by atoms with Gasteiger partial charge < -0.3 is 10.2 Å². The van der Waals surface area contributed by atoms with Gasteiger partial charge in [-0.3, -0.25) is 0 Å². The van der Waals surface area contributed by atoms with Crippen LogP contribution in [0.5, 0.6) is 0 Å². The summed E-state index contributed by atoms with van der Waals surface area (Å²) < 4.78 is 18.9. The zero-order valence-electron chi connectivity index (χ0n) is 10.8. The molecular weight excluding hydrogens is 275 g/mol. The van der Waals surface area contributed by atoms with Crippen molar-refractivity contribution in [2.75, 3.05) is 5.73 Å². The van der Waals surface area contributed by atoms with Crippen molar-refractivity contribution in [2.24, 2.45) is 0 Å². The van der Waals surface area contributed by atoms with E-state index in [1.165, 1.54) is 35.4 Å². The molecule has 0 radical (unpaired) electrons. The van der Waals surface area contributed by atoms with Crippen LogP contribution in [0.15, 0.2) is 22.6 Å². The second-order valence-electron chi connectivity index (χ2n) is 5.08. The van der Waals surface area contributed by atoms with E-state index in [1.54, 1.807) is 17.4 Å². The Balaban J connectivity index is 1.92. The number of benzene rings is 1.